The molecule has 0 atom stereocenters. The molecule has 0 saturated carbocycles. The maximum atomic E-state index is 11.0. The minimum atomic E-state index is -0.401. The molecule has 0 spiro atoms. The standard InChI is InChI=1S/C9H7IO2/c1-7(10)9(11)12-8-5-3-2-4-6-8/h2-6H,1H2. The molecule has 0 aliphatic carbocycles. The maximum Gasteiger partial charge on any atom is 0.349 e. The summed E-state index contributed by atoms with van der Waals surface area (Å²) in [7, 11) is 0. The van der Waals surface area contributed by atoms with Crippen molar-refractivity contribution in [3.63, 3.8) is 0 Å². The Hall–Kier alpha value is -0.840. The first-order valence-electron chi connectivity index (χ1n) is 3.32. The zero-order valence-corrected chi connectivity index (χ0v) is 8.45. The molecule has 0 aliphatic heterocycles. The Kier molecular flexibility index (Phi) is 3.28. The third-order valence-corrected chi connectivity index (χ3v) is 1.62. The highest BCUT2D eigenvalue weighted by atomic mass is 127. The molecule has 0 aliphatic rings. The minimum Gasteiger partial charge on any atom is -0.423 e. The summed E-state index contributed by atoms with van der Waals surface area (Å²) in [6.07, 6.45) is 0. The Balaban J connectivity index is 2.65. The normalized spacial score (nSPS) is 9.08. The highest BCUT2D eigenvalue weighted by molar-refractivity contribution is 14.1. The average Bonchev–Trinajstić information content (AvgIpc) is 2.06. The van der Waals surface area contributed by atoms with E-state index >= 15 is 0 Å². The second-order valence-corrected chi connectivity index (χ2v) is 3.41. The van der Waals surface area contributed by atoms with E-state index in [9.17, 15) is 4.79 Å². The zero-order valence-electron chi connectivity index (χ0n) is 6.29. The van der Waals surface area contributed by atoms with Gasteiger partial charge in [-0.25, -0.2) is 4.79 Å². The lowest BCUT2D eigenvalue weighted by Crippen LogP contribution is -2.06. The van der Waals surface area contributed by atoms with Crippen LogP contribution in [0.25, 0.3) is 0 Å². The molecule has 0 N–H and O–H groups in total. The maximum absolute atomic E-state index is 11.0. The molecule has 0 heterocycles. The van der Waals surface area contributed by atoms with E-state index in [2.05, 4.69) is 6.58 Å². The van der Waals surface area contributed by atoms with Crippen LogP contribution in [0.15, 0.2) is 40.5 Å². The van der Waals surface area contributed by atoms with Crippen molar-refractivity contribution in [3.05, 3.63) is 40.5 Å². The van der Waals surface area contributed by atoms with Gasteiger partial charge in [0.2, 0.25) is 0 Å². The Morgan fingerprint density at radius 1 is 1.33 bits per heavy atom. The fraction of sp³-hybridized carbons (Fsp3) is 0. The summed E-state index contributed by atoms with van der Waals surface area (Å²) in [5.74, 6) is 0.141. The number of carbonyl (C=O) groups excluding carboxylic acids is 1. The predicted octanol–water partition coefficient (Wildman–Crippen LogP) is 2.54. The van der Waals surface area contributed by atoms with E-state index in [0.29, 0.717) is 9.33 Å². The minimum absolute atomic E-state index is 0.372. The van der Waals surface area contributed by atoms with Crippen LogP contribution in [0.5, 0.6) is 5.75 Å². The molecule has 0 saturated heterocycles. The molecule has 0 aromatic heterocycles. The number of benzene rings is 1. The molecule has 1 aromatic carbocycles. The number of hydrogen-bond donors (Lipinski definition) is 0. The van der Waals surface area contributed by atoms with E-state index in [1.807, 2.05) is 28.7 Å². The van der Waals surface area contributed by atoms with Crippen LogP contribution in [-0.4, -0.2) is 5.97 Å². The molecule has 1 aromatic rings. The summed E-state index contributed by atoms with van der Waals surface area (Å²) in [6.45, 7) is 3.46. The van der Waals surface area contributed by atoms with Gasteiger partial charge in [0, 0.05) is 0 Å². The molecule has 0 fully saturated rings. The molecule has 0 amide bonds. The SMILES string of the molecule is C=C(I)C(=O)Oc1ccccc1. The van der Waals surface area contributed by atoms with E-state index in [1.54, 1.807) is 24.3 Å². The second kappa shape index (κ2) is 4.25. The average molecular weight is 274 g/mol. The number of halogens is 1. The quantitative estimate of drug-likeness (QED) is 0.358. The molecule has 0 radical (unpaired) electrons. The van der Waals surface area contributed by atoms with E-state index in [1.165, 1.54) is 0 Å². The Morgan fingerprint density at radius 3 is 2.42 bits per heavy atom. The third kappa shape index (κ3) is 2.65. The van der Waals surface area contributed by atoms with Crippen LogP contribution < -0.4 is 4.74 Å². The monoisotopic (exact) mass is 274 g/mol. The lowest BCUT2D eigenvalue weighted by Gasteiger charge is -2.00. The van der Waals surface area contributed by atoms with Gasteiger partial charge in [0.05, 0.1) is 3.58 Å². The van der Waals surface area contributed by atoms with Gasteiger partial charge in [0.15, 0.2) is 0 Å². The summed E-state index contributed by atoms with van der Waals surface area (Å²) in [6, 6.07) is 8.91. The van der Waals surface area contributed by atoms with Crippen molar-refractivity contribution in [1.82, 2.24) is 0 Å². The van der Waals surface area contributed by atoms with Gasteiger partial charge in [0.1, 0.15) is 5.75 Å². The number of para-hydroxylation sites is 1. The number of rotatable bonds is 2. The molecule has 62 valence electrons. The lowest BCUT2D eigenvalue weighted by molar-refractivity contribution is -0.129. The lowest BCUT2D eigenvalue weighted by atomic mass is 10.3. The van der Waals surface area contributed by atoms with Crippen LogP contribution in [-0.2, 0) is 4.79 Å². The first kappa shape index (κ1) is 9.25. The van der Waals surface area contributed by atoms with Crippen molar-refractivity contribution in [1.29, 1.82) is 0 Å². The van der Waals surface area contributed by atoms with E-state index in [-0.39, 0.29) is 0 Å². The van der Waals surface area contributed by atoms with Crippen LogP contribution in [0.3, 0.4) is 0 Å². The van der Waals surface area contributed by atoms with E-state index in [0.717, 1.165) is 0 Å². The molecule has 0 bridgehead atoms. The van der Waals surface area contributed by atoms with Crippen molar-refractivity contribution in [3.8, 4) is 5.75 Å². The van der Waals surface area contributed by atoms with Crippen molar-refractivity contribution < 1.29 is 9.53 Å². The van der Waals surface area contributed by atoms with Gasteiger partial charge in [-0.3, -0.25) is 0 Å². The Bertz CT molecular complexity index is 293. The molecule has 12 heavy (non-hydrogen) atoms. The number of carbonyl (C=O) groups is 1. The number of ether oxygens (including phenoxy) is 1. The largest absolute Gasteiger partial charge is 0.423 e. The summed E-state index contributed by atoms with van der Waals surface area (Å²) < 4.78 is 5.30. The highest BCUT2D eigenvalue weighted by Crippen LogP contribution is 2.12. The number of esters is 1. The third-order valence-electron chi connectivity index (χ3n) is 1.18. The molecular weight excluding hydrogens is 267 g/mol. The van der Waals surface area contributed by atoms with Crippen molar-refractivity contribution in [2.45, 2.75) is 0 Å². The molecule has 3 heteroatoms. The van der Waals surface area contributed by atoms with Crippen LogP contribution in [0, 0.1) is 0 Å². The van der Waals surface area contributed by atoms with Crippen LogP contribution in [0.2, 0.25) is 0 Å². The smallest absolute Gasteiger partial charge is 0.349 e. The van der Waals surface area contributed by atoms with Gasteiger partial charge in [-0.2, -0.15) is 0 Å². The fourth-order valence-corrected chi connectivity index (χ4v) is 0.761. The van der Waals surface area contributed by atoms with Crippen molar-refractivity contribution >= 4 is 28.6 Å². The summed E-state index contributed by atoms with van der Waals surface area (Å²) in [4.78, 5) is 11.0. The first-order valence-corrected chi connectivity index (χ1v) is 4.39. The summed E-state index contributed by atoms with van der Waals surface area (Å²) in [5.41, 5.74) is 0. The van der Waals surface area contributed by atoms with Gasteiger partial charge in [-0.15, -0.1) is 0 Å². The predicted molar refractivity (Wildman–Crippen MR) is 55.2 cm³/mol. The van der Waals surface area contributed by atoms with Crippen LogP contribution in [0.1, 0.15) is 0 Å². The van der Waals surface area contributed by atoms with Crippen molar-refractivity contribution in [2.24, 2.45) is 0 Å². The molecule has 0 unspecified atom stereocenters. The highest BCUT2D eigenvalue weighted by Gasteiger charge is 2.04. The molecule has 1 rings (SSSR count). The summed E-state index contributed by atoms with van der Waals surface area (Å²) >= 11 is 1.83. The van der Waals surface area contributed by atoms with E-state index < -0.39 is 5.97 Å². The number of hydrogen-bond acceptors (Lipinski definition) is 2. The Labute approximate surface area is 84.4 Å². The van der Waals surface area contributed by atoms with Crippen LogP contribution in [0.4, 0.5) is 0 Å². The van der Waals surface area contributed by atoms with Gasteiger partial charge >= 0.3 is 5.97 Å². The fourth-order valence-electron chi connectivity index (χ4n) is 0.651. The van der Waals surface area contributed by atoms with Gasteiger partial charge in [-0.05, 0) is 34.7 Å². The zero-order chi connectivity index (χ0) is 8.97. The topological polar surface area (TPSA) is 26.3 Å². The Morgan fingerprint density at radius 2 is 1.92 bits per heavy atom. The first-order chi connectivity index (χ1) is 5.70. The van der Waals surface area contributed by atoms with Gasteiger partial charge in [0.25, 0.3) is 0 Å². The van der Waals surface area contributed by atoms with Crippen LogP contribution >= 0.6 is 22.6 Å². The molecular formula is C9H7IO2. The van der Waals surface area contributed by atoms with E-state index in [4.69, 9.17) is 4.74 Å². The summed E-state index contributed by atoms with van der Waals surface area (Å²) in [5, 5.41) is 0. The molecule has 2 nitrogen and oxygen atoms in total. The van der Waals surface area contributed by atoms with Gasteiger partial charge < -0.3 is 4.74 Å². The second-order valence-electron chi connectivity index (χ2n) is 2.11. The van der Waals surface area contributed by atoms with Gasteiger partial charge in [-0.1, -0.05) is 24.8 Å². The van der Waals surface area contributed by atoms with Crippen molar-refractivity contribution in [2.75, 3.05) is 0 Å².